The molecule has 0 radical (unpaired) electrons. The Bertz CT molecular complexity index is 736. The number of hydrogen-bond acceptors (Lipinski definition) is 5. The first kappa shape index (κ1) is 16.7. The normalized spacial score (nSPS) is 11.2. The average molecular weight is 316 g/mol. The molecule has 0 amide bonds. The van der Waals surface area contributed by atoms with Crippen molar-refractivity contribution in [3.63, 3.8) is 0 Å². The van der Waals surface area contributed by atoms with Crippen molar-refractivity contribution in [2.45, 2.75) is 26.2 Å². The Hall–Kier alpha value is -2.63. The lowest BCUT2D eigenvalue weighted by atomic mass is 9.84. The highest BCUT2D eigenvalue weighted by Crippen LogP contribution is 2.42. The molecule has 2 aromatic rings. The van der Waals surface area contributed by atoms with Gasteiger partial charge >= 0.3 is 5.69 Å². The van der Waals surface area contributed by atoms with Crippen LogP contribution in [0.2, 0.25) is 0 Å². The van der Waals surface area contributed by atoms with E-state index in [0.717, 1.165) is 5.56 Å². The Kier molecular flexibility index (Phi) is 4.54. The minimum absolute atomic E-state index is 0.0687. The van der Waals surface area contributed by atoms with Gasteiger partial charge in [-0.15, -0.1) is 0 Å². The van der Waals surface area contributed by atoms with Gasteiger partial charge in [0, 0.05) is 23.4 Å². The maximum absolute atomic E-state index is 11.5. The van der Waals surface area contributed by atoms with Crippen molar-refractivity contribution in [1.29, 1.82) is 0 Å². The predicted octanol–water partition coefficient (Wildman–Crippen LogP) is 3.97. The lowest BCUT2D eigenvalue weighted by Crippen LogP contribution is -2.14. The van der Waals surface area contributed by atoms with Gasteiger partial charge in [0.05, 0.1) is 19.1 Å². The summed E-state index contributed by atoms with van der Waals surface area (Å²) in [5, 5.41) is 11.5. The Morgan fingerprint density at radius 1 is 1.17 bits per heavy atom. The molecule has 0 saturated carbocycles. The Balaban J connectivity index is 2.81. The van der Waals surface area contributed by atoms with Crippen LogP contribution < -0.4 is 9.47 Å². The SMILES string of the molecule is COc1ncccc1-c1cc([N+](=O)[O-])c(OC)c(C(C)(C)C)c1. The number of benzene rings is 1. The summed E-state index contributed by atoms with van der Waals surface area (Å²) in [7, 11) is 2.97. The molecule has 0 bridgehead atoms. The molecule has 0 aliphatic rings. The van der Waals surface area contributed by atoms with E-state index in [2.05, 4.69) is 4.98 Å². The van der Waals surface area contributed by atoms with Gasteiger partial charge in [0.25, 0.3) is 0 Å². The van der Waals surface area contributed by atoms with Gasteiger partial charge < -0.3 is 9.47 Å². The number of ether oxygens (including phenoxy) is 2. The second-order valence-corrected chi connectivity index (χ2v) is 6.14. The molecule has 0 unspecified atom stereocenters. The zero-order valence-corrected chi connectivity index (χ0v) is 13.9. The fourth-order valence-electron chi connectivity index (χ4n) is 2.45. The summed E-state index contributed by atoms with van der Waals surface area (Å²) >= 11 is 0. The summed E-state index contributed by atoms with van der Waals surface area (Å²) in [6.45, 7) is 5.95. The third-order valence-electron chi connectivity index (χ3n) is 3.55. The van der Waals surface area contributed by atoms with Crippen LogP contribution in [0.1, 0.15) is 26.3 Å². The number of pyridine rings is 1. The molecular formula is C17H20N2O4. The summed E-state index contributed by atoms with van der Waals surface area (Å²) < 4.78 is 10.6. The van der Waals surface area contributed by atoms with Crippen LogP contribution >= 0.6 is 0 Å². The number of nitro benzene ring substituents is 1. The first-order valence-corrected chi connectivity index (χ1v) is 7.16. The van der Waals surface area contributed by atoms with Crippen LogP contribution in [-0.2, 0) is 5.41 Å². The van der Waals surface area contributed by atoms with Crippen molar-refractivity contribution in [2.75, 3.05) is 14.2 Å². The van der Waals surface area contributed by atoms with Crippen molar-refractivity contribution >= 4 is 5.69 Å². The Morgan fingerprint density at radius 3 is 2.39 bits per heavy atom. The van der Waals surface area contributed by atoms with Crippen molar-refractivity contribution in [2.24, 2.45) is 0 Å². The van der Waals surface area contributed by atoms with Gasteiger partial charge in [-0.25, -0.2) is 4.98 Å². The number of rotatable bonds is 4. The summed E-state index contributed by atoms with van der Waals surface area (Å²) in [6.07, 6.45) is 1.62. The minimum Gasteiger partial charge on any atom is -0.490 e. The van der Waals surface area contributed by atoms with Crippen LogP contribution in [0.25, 0.3) is 11.1 Å². The monoisotopic (exact) mass is 316 g/mol. The fourth-order valence-corrected chi connectivity index (χ4v) is 2.45. The van der Waals surface area contributed by atoms with Gasteiger partial charge in [0.15, 0.2) is 0 Å². The molecule has 1 aromatic carbocycles. The molecule has 1 heterocycles. The van der Waals surface area contributed by atoms with Crippen LogP contribution in [0.3, 0.4) is 0 Å². The molecule has 0 saturated heterocycles. The van der Waals surface area contributed by atoms with Crippen molar-refractivity contribution in [3.05, 3.63) is 46.1 Å². The first-order chi connectivity index (χ1) is 10.8. The molecule has 6 heteroatoms. The number of nitro groups is 1. The Morgan fingerprint density at radius 2 is 1.87 bits per heavy atom. The highest BCUT2D eigenvalue weighted by molar-refractivity contribution is 5.74. The number of nitrogens with zero attached hydrogens (tertiary/aromatic N) is 2. The molecule has 0 N–H and O–H groups in total. The highest BCUT2D eigenvalue weighted by atomic mass is 16.6. The standard InChI is InChI=1S/C17H20N2O4/c1-17(2,3)13-9-11(10-14(19(20)21)15(13)22-4)12-7-6-8-18-16(12)23-5/h6-10H,1-5H3. The van der Waals surface area contributed by atoms with E-state index in [1.807, 2.05) is 32.9 Å². The molecule has 1 aromatic heterocycles. The second kappa shape index (κ2) is 6.24. The van der Waals surface area contributed by atoms with Crippen LogP contribution in [0.15, 0.2) is 30.5 Å². The lowest BCUT2D eigenvalue weighted by molar-refractivity contribution is -0.385. The summed E-state index contributed by atoms with van der Waals surface area (Å²) in [4.78, 5) is 15.2. The molecule has 0 aliphatic heterocycles. The number of hydrogen-bond donors (Lipinski definition) is 0. The van der Waals surface area contributed by atoms with Crippen molar-refractivity contribution in [1.82, 2.24) is 4.98 Å². The van der Waals surface area contributed by atoms with Crippen LogP contribution in [0.5, 0.6) is 11.6 Å². The van der Waals surface area contributed by atoms with Gasteiger partial charge in [-0.2, -0.15) is 0 Å². The summed E-state index contributed by atoms with van der Waals surface area (Å²) in [6, 6.07) is 6.98. The van der Waals surface area contributed by atoms with E-state index in [-0.39, 0.29) is 16.9 Å². The van der Waals surface area contributed by atoms with E-state index in [1.54, 1.807) is 12.3 Å². The fraction of sp³-hybridized carbons (Fsp3) is 0.353. The van der Waals surface area contributed by atoms with E-state index in [9.17, 15) is 10.1 Å². The summed E-state index contributed by atoms with van der Waals surface area (Å²) in [5.74, 6) is 0.709. The largest absolute Gasteiger partial charge is 0.490 e. The maximum atomic E-state index is 11.5. The summed E-state index contributed by atoms with van der Waals surface area (Å²) in [5.41, 5.74) is 1.75. The first-order valence-electron chi connectivity index (χ1n) is 7.16. The Labute approximate surface area is 135 Å². The molecule has 122 valence electrons. The van der Waals surface area contributed by atoms with Gasteiger partial charge in [-0.1, -0.05) is 20.8 Å². The number of aromatic nitrogens is 1. The smallest absolute Gasteiger partial charge is 0.311 e. The van der Waals surface area contributed by atoms with Gasteiger partial charge in [-0.05, 0) is 29.2 Å². The van der Waals surface area contributed by atoms with Crippen LogP contribution in [0, 0.1) is 10.1 Å². The minimum atomic E-state index is -0.430. The van der Waals surface area contributed by atoms with Gasteiger partial charge in [0.1, 0.15) is 0 Å². The van der Waals surface area contributed by atoms with Gasteiger partial charge in [0.2, 0.25) is 11.6 Å². The van der Waals surface area contributed by atoms with Crippen molar-refractivity contribution in [3.8, 4) is 22.8 Å². The van der Waals surface area contributed by atoms with E-state index in [4.69, 9.17) is 9.47 Å². The zero-order chi connectivity index (χ0) is 17.2. The molecule has 0 aliphatic carbocycles. The number of methoxy groups -OCH3 is 2. The lowest BCUT2D eigenvalue weighted by Gasteiger charge is -2.23. The molecule has 0 spiro atoms. The molecule has 0 fully saturated rings. The highest BCUT2D eigenvalue weighted by Gasteiger charge is 2.28. The molecular weight excluding hydrogens is 296 g/mol. The van der Waals surface area contributed by atoms with Gasteiger partial charge in [-0.3, -0.25) is 10.1 Å². The van der Waals surface area contributed by atoms with E-state index < -0.39 is 4.92 Å². The van der Waals surface area contributed by atoms with Crippen molar-refractivity contribution < 1.29 is 14.4 Å². The third-order valence-corrected chi connectivity index (χ3v) is 3.55. The quantitative estimate of drug-likeness (QED) is 0.630. The predicted molar refractivity (Wildman–Crippen MR) is 88.1 cm³/mol. The maximum Gasteiger partial charge on any atom is 0.311 e. The molecule has 23 heavy (non-hydrogen) atoms. The average Bonchev–Trinajstić information content (AvgIpc) is 2.52. The molecule has 6 nitrogen and oxygen atoms in total. The second-order valence-electron chi connectivity index (χ2n) is 6.14. The van der Waals surface area contributed by atoms with E-state index in [1.165, 1.54) is 20.3 Å². The third kappa shape index (κ3) is 3.26. The molecule has 0 atom stereocenters. The molecule has 2 rings (SSSR count). The van der Waals surface area contributed by atoms with E-state index >= 15 is 0 Å². The van der Waals surface area contributed by atoms with Crippen LogP contribution in [0.4, 0.5) is 5.69 Å². The zero-order valence-electron chi connectivity index (χ0n) is 13.9. The van der Waals surface area contributed by atoms with E-state index in [0.29, 0.717) is 17.0 Å². The van der Waals surface area contributed by atoms with Crippen LogP contribution in [-0.4, -0.2) is 24.1 Å². The topological polar surface area (TPSA) is 74.5 Å².